The maximum absolute atomic E-state index is 11.9. The number of rotatable bonds is 4. The molecule has 15 heavy (non-hydrogen) atoms. The zero-order chi connectivity index (χ0) is 11.5. The second-order valence-corrected chi connectivity index (χ2v) is 3.43. The van der Waals surface area contributed by atoms with Crippen molar-refractivity contribution in [3.63, 3.8) is 0 Å². The van der Waals surface area contributed by atoms with E-state index in [9.17, 15) is 13.2 Å². The third kappa shape index (κ3) is 4.78. The van der Waals surface area contributed by atoms with Gasteiger partial charge in [0.15, 0.2) is 5.82 Å². The van der Waals surface area contributed by atoms with Crippen LogP contribution < -0.4 is 5.32 Å². The second kappa shape index (κ2) is 4.61. The van der Waals surface area contributed by atoms with Gasteiger partial charge in [0.25, 0.3) is 0 Å². The van der Waals surface area contributed by atoms with Crippen LogP contribution in [-0.4, -0.2) is 22.4 Å². The molecule has 1 N–H and O–H groups in total. The fourth-order valence-corrected chi connectivity index (χ4v) is 0.904. The predicted molar refractivity (Wildman–Crippen MR) is 46.0 cm³/mol. The summed E-state index contributed by atoms with van der Waals surface area (Å²) in [6, 6.07) is 0.211. The Morgan fingerprint density at radius 3 is 2.60 bits per heavy atom. The van der Waals surface area contributed by atoms with Crippen molar-refractivity contribution >= 4 is 0 Å². The summed E-state index contributed by atoms with van der Waals surface area (Å²) in [5, 5.41) is 6.19. The summed E-state index contributed by atoms with van der Waals surface area (Å²) in [7, 11) is 0. The number of nitrogens with zero attached hydrogens (tertiary/aromatic N) is 2. The number of halogens is 3. The van der Waals surface area contributed by atoms with Gasteiger partial charge in [-0.25, -0.2) is 0 Å². The summed E-state index contributed by atoms with van der Waals surface area (Å²) in [5.41, 5.74) is 0. The molecule has 1 aromatic rings. The lowest BCUT2D eigenvalue weighted by molar-refractivity contribution is -0.128. The molecule has 0 aliphatic carbocycles. The molecule has 0 radical (unpaired) electrons. The molecule has 0 aromatic carbocycles. The van der Waals surface area contributed by atoms with Gasteiger partial charge in [-0.1, -0.05) is 19.0 Å². The van der Waals surface area contributed by atoms with Crippen molar-refractivity contribution in [1.82, 2.24) is 15.5 Å². The zero-order valence-corrected chi connectivity index (χ0v) is 8.43. The minimum absolute atomic E-state index is 0.169. The maximum atomic E-state index is 11.9. The van der Waals surface area contributed by atoms with Gasteiger partial charge >= 0.3 is 6.18 Å². The molecule has 1 aromatic heterocycles. The van der Waals surface area contributed by atoms with Crippen LogP contribution >= 0.6 is 0 Å². The second-order valence-electron chi connectivity index (χ2n) is 3.43. The molecular formula is C8H12F3N3O. The van der Waals surface area contributed by atoms with E-state index in [0.29, 0.717) is 0 Å². The van der Waals surface area contributed by atoms with Gasteiger partial charge in [-0.2, -0.15) is 18.2 Å². The van der Waals surface area contributed by atoms with Crippen molar-refractivity contribution in [2.45, 2.75) is 39.0 Å². The molecule has 0 unspecified atom stereocenters. The van der Waals surface area contributed by atoms with E-state index in [-0.39, 0.29) is 24.3 Å². The van der Waals surface area contributed by atoms with Gasteiger partial charge < -0.3 is 9.84 Å². The Labute approximate surface area is 84.9 Å². The van der Waals surface area contributed by atoms with E-state index >= 15 is 0 Å². The van der Waals surface area contributed by atoms with Crippen LogP contribution in [0.3, 0.4) is 0 Å². The molecule has 0 saturated carbocycles. The Kier molecular flexibility index (Phi) is 3.67. The Morgan fingerprint density at radius 2 is 2.07 bits per heavy atom. The fraction of sp³-hybridized carbons (Fsp3) is 0.750. The number of aromatic nitrogens is 2. The van der Waals surface area contributed by atoms with Gasteiger partial charge in [-0.05, 0) is 0 Å². The van der Waals surface area contributed by atoms with Gasteiger partial charge in [0.05, 0.1) is 6.54 Å². The third-order valence-corrected chi connectivity index (χ3v) is 1.53. The molecule has 1 rings (SSSR count). The number of hydrogen-bond acceptors (Lipinski definition) is 4. The van der Waals surface area contributed by atoms with E-state index in [0.717, 1.165) is 0 Å². The number of alkyl halides is 3. The quantitative estimate of drug-likeness (QED) is 0.843. The van der Waals surface area contributed by atoms with Gasteiger partial charge in [-0.15, -0.1) is 0 Å². The van der Waals surface area contributed by atoms with E-state index in [2.05, 4.69) is 20.0 Å². The summed E-state index contributed by atoms with van der Waals surface area (Å²) in [5.74, 6) is -0.161. The molecular weight excluding hydrogens is 211 g/mol. The van der Waals surface area contributed by atoms with E-state index in [1.807, 2.05) is 13.8 Å². The predicted octanol–water partition coefficient (Wildman–Crippen LogP) is 1.67. The highest BCUT2D eigenvalue weighted by molar-refractivity contribution is 4.88. The first-order chi connectivity index (χ1) is 6.87. The summed E-state index contributed by atoms with van der Waals surface area (Å²) in [6.45, 7) is 4.10. The maximum Gasteiger partial charge on any atom is 0.396 e. The summed E-state index contributed by atoms with van der Waals surface area (Å²) in [6.07, 6.45) is -5.45. The average Bonchev–Trinajstić information content (AvgIpc) is 2.45. The van der Waals surface area contributed by atoms with Crippen LogP contribution in [0.2, 0.25) is 0 Å². The third-order valence-electron chi connectivity index (χ3n) is 1.53. The Hall–Kier alpha value is -1.11. The van der Waals surface area contributed by atoms with Crippen molar-refractivity contribution < 1.29 is 17.7 Å². The SMILES string of the molecule is CC(C)NCc1nc(CC(F)(F)F)no1. The lowest BCUT2D eigenvalue weighted by atomic mass is 10.4. The molecule has 0 aliphatic heterocycles. The van der Waals surface area contributed by atoms with E-state index < -0.39 is 12.6 Å². The van der Waals surface area contributed by atoms with Gasteiger partial charge in [-0.3, -0.25) is 0 Å². The molecule has 86 valence electrons. The summed E-state index contributed by atoms with van der Waals surface area (Å²) < 4.78 is 40.4. The highest BCUT2D eigenvalue weighted by Gasteiger charge is 2.30. The molecule has 7 heteroatoms. The minimum atomic E-state index is -4.30. The fourth-order valence-electron chi connectivity index (χ4n) is 0.904. The van der Waals surface area contributed by atoms with Crippen molar-refractivity contribution in [2.24, 2.45) is 0 Å². The van der Waals surface area contributed by atoms with E-state index in [1.54, 1.807) is 0 Å². The molecule has 0 fully saturated rings. The van der Waals surface area contributed by atoms with Crippen molar-refractivity contribution in [1.29, 1.82) is 0 Å². The lowest BCUT2D eigenvalue weighted by Gasteiger charge is -2.03. The molecule has 0 aliphatic rings. The molecule has 0 spiro atoms. The van der Waals surface area contributed by atoms with Crippen molar-refractivity contribution in [3.8, 4) is 0 Å². The van der Waals surface area contributed by atoms with Crippen LogP contribution in [0.15, 0.2) is 4.52 Å². The smallest absolute Gasteiger partial charge is 0.338 e. The molecule has 4 nitrogen and oxygen atoms in total. The highest BCUT2D eigenvalue weighted by Crippen LogP contribution is 2.19. The molecule has 0 amide bonds. The average molecular weight is 223 g/mol. The number of nitrogens with one attached hydrogen (secondary N) is 1. The largest absolute Gasteiger partial charge is 0.396 e. The monoisotopic (exact) mass is 223 g/mol. The van der Waals surface area contributed by atoms with Crippen molar-refractivity contribution in [2.75, 3.05) is 0 Å². The molecule has 0 atom stereocenters. The minimum Gasteiger partial charge on any atom is -0.338 e. The van der Waals surface area contributed by atoms with Gasteiger partial charge in [0.1, 0.15) is 6.42 Å². The van der Waals surface area contributed by atoms with Crippen LogP contribution in [0.1, 0.15) is 25.6 Å². The standard InChI is InChI=1S/C8H12F3N3O/c1-5(2)12-4-7-13-6(14-15-7)3-8(9,10)11/h5,12H,3-4H2,1-2H3. The summed E-state index contributed by atoms with van der Waals surface area (Å²) in [4.78, 5) is 3.61. The molecule has 0 saturated heterocycles. The first-order valence-electron chi connectivity index (χ1n) is 4.48. The van der Waals surface area contributed by atoms with Crippen LogP contribution in [0.4, 0.5) is 13.2 Å². The van der Waals surface area contributed by atoms with Crippen molar-refractivity contribution in [3.05, 3.63) is 11.7 Å². The number of hydrogen-bond donors (Lipinski definition) is 1. The Balaban J connectivity index is 2.49. The first kappa shape index (κ1) is 12.0. The van der Waals surface area contributed by atoms with Crippen LogP contribution in [0, 0.1) is 0 Å². The van der Waals surface area contributed by atoms with E-state index in [1.165, 1.54) is 0 Å². The van der Waals surface area contributed by atoms with E-state index in [4.69, 9.17) is 0 Å². The van der Waals surface area contributed by atoms with Gasteiger partial charge in [0, 0.05) is 6.04 Å². The van der Waals surface area contributed by atoms with Crippen LogP contribution in [0.25, 0.3) is 0 Å². The normalized spacial score (nSPS) is 12.4. The highest BCUT2D eigenvalue weighted by atomic mass is 19.4. The Morgan fingerprint density at radius 1 is 1.40 bits per heavy atom. The molecule has 0 bridgehead atoms. The van der Waals surface area contributed by atoms with Gasteiger partial charge in [0.2, 0.25) is 5.89 Å². The zero-order valence-electron chi connectivity index (χ0n) is 8.43. The summed E-state index contributed by atoms with van der Waals surface area (Å²) >= 11 is 0. The topological polar surface area (TPSA) is 51.0 Å². The first-order valence-corrected chi connectivity index (χ1v) is 4.48. The van der Waals surface area contributed by atoms with Crippen LogP contribution in [-0.2, 0) is 13.0 Å². The molecule has 1 heterocycles. The van der Waals surface area contributed by atoms with Crippen LogP contribution in [0.5, 0.6) is 0 Å². The Bertz CT molecular complexity index is 308. The lowest BCUT2D eigenvalue weighted by Crippen LogP contribution is -2.22.